The van der Waals surface area contributed by atoms with Gasteiger partial charge in [0.2, 0.25) is 0 Å². The van der Waals surface area contributed by atoms with Crippen molar-refractivity contribution in [2.45, 2.75) is 39.2 Å². The molecule has 1 atom stereocenters. The molecular formula is C18H30IN3O2. The van der Waals surface area contributed by atoms with Gasteiger partial charge in [0.15, 0.2) is 5.96 Å². The SMILES string of the molecule is CN=C(NCCCOc1c(C)cccc1C)NCC1CCCO1.I. The van der Waals surface area contributed by atoms with Crippen LogP contribution in [-0.2, 0) is 4.74 Å². The number of ether oxygens (including phenoxy) is 2. The molecule has 0 amide bonds. The van der Waals surface area contributed by atoms with Gasteiger partial charge in [-0.2, -0.15) is 0 Å². The number of aryl methyl sites for hydroxylation is 2. The Balaban J connectivity index is 0.00000288. The molecule has 0 aromatic heterocycles. The summed E-state index contributed by atoms with van der Waals surface area (Å²) < 4.78 is 11.5. The highest BCUT2D eigenvalue weighted by atomic mass is 127. The first-order chi connectivity index (χ1) is 11.2. The van der Waals surface area contributed by atoms with Crippen LogP contribution in [0.1, 0.15) is 30.4 Å². The standard InChI is InChI=1S/C18H29N3O2.HI/c1-14-7-4-8-15(2)17(14)23-12-6-10-20-18(19-3)21-13-16-9-5-11-22-16;/h4,7-8,16H,5-6,9-13H2,1-3H3,(H2,19,20,21);1H. The fourth-order valence-electron chi connectivity index (χ4n) is 2.72. The third-order valence-corrected chi connectivity index (χ3v) is 4.01. The molecule has 1 aromatic rings. The molecule has 1 heterocycles. The lowest BCUT2D eigenvalue weighted by Crippen LogP contribution is -2.41. The molecule has 0 bridgehead atoms. The topological polar surface area (TPSA) is 54.9 Å². The number of hydrogen-bond donors (Lipinski definition) is 2. The molecule has 5 nitrogen and oxygen atoms in total. The number of halogens is 1. The van der Waals surface area contributed by atoms with Crippen LogP contribution in [0.5, 0.6) is 5.75 Å². The Morgan fingerprint density at radius 2 is 2.04 bits per heavy atom. The first kappa shape index (κ1) is 21.0. The van der Waals surface area contributed by atoms with Gasteiger partial charge in [0.1, 0.15) is 5.75 Å². The summed E-state index contributed by atoms with van der Waals surface area (Å²) in [5.41, 5.74) is 2.37. The molecule has 6 heteroatoms. The number of rotatable bonds is 7. The van der Waals surface area contributed by atoms with Crippen molar-refractivity contribution in [2.75, 3.05) is 33.4 Å². The number of nitrogens with zero attached hydrogens (tertiary/aromatic N) is 1. The second kappa shape index (κ2) is 11.5. The van der Waals surface area contributed by atoms with Crippen LogP contribution in [0.4, 0.5) is 0 Å². The van der Waals surface area contributed by atoms with Crippen molar-refractivity contribution in [2.24, 2.45) is 4.99 Å². The Morgan fingerprint density at radius 3 is 2.67 bits per heavy atom. The molecular weight excluding hydrogens is 417 g/mol. The van der Waals surface area contributed by atoms with Crippen molar-refractivity contribution in [3.63, 3.8) is 0 Å². The van der Waals surface area contributed by atoms with Crippen LogP contribution < -0.4 is 15.4 Å². The summed E-state index contributed by atoms with van der Waals surface area (Å²) in [6.45, 7) is 7.39. The fraction of sp³-hybridized carbons (Fsp3) is 0.611. The van der Waals surface area contributed by atoms with Gasteiger partial charge in [-0.05, 0) is 44.2 Å². The van der Waals surface area contributed by atoms with Crippen LogP contribution in [0.3, 0.4) is 0 Å². The van der Waals surface area contributed by atoms with E-state index in [1.807, 2.05) is 0 Å². The molecule has 1 saturated heterocycles. The molecule has 1 fully saturated rings. The molecule has 1 aromatic carbocycles. The summed E-state index contributed by atoms with van der Waals surface area (Å²) in [4.78, 5) is 4.23. The molecule has 1 unspecified atom stereocenters. The van der Waals surface area contributed by atoms with Crippen molar-refractivity contribution in [3.8, 4) is 5.75 Å². The first-order valence-electron chi connectivity index (χ1n) is 8.46. The van der Waals surface area contributed by atoms with E-state index >= 15 is 0 Å². The van der Waals surface area contributed by atoms with Crippen molar-refractivity contribution < 1.29 is 9.47 Å². The van der Waals surface area contributed by atoms with Gasteiger partial charge in [-0.25, -0.2) is 0 Å². The maximum Gasteiger partial charge on any atom is 0.191 e. The van der Waals surface area contributed by atoms with Crippen LogP contribution >= 0.6 is 24.0 Å². The van der Waals surface area contributed by atoms with E-state index in [2.05, 4.69) is 47.7 Å². The van der Waals surface area contributed by atoms with E-state index in [1.165, 1.54) is 11.1 Å². The Bertz CT molecular complexity index is 497. The van der Waals surface area contributed by atoms with Gasteiger partial charge in [-0.15, -0.1) is 24.0 Å². The number of nitrogens with one attached hydrogen (secondary N) is 2. The zero-order chi connectivity index (χ0) is 16.5. The summed E-state index contributed by atoms with van der Waals surface area (Å²) in [6.07, 6.45) is 3.54. The molecule has 0 saturated carbocycles. The highest BCUT2D eigenvalue weighted by molar-refractivity contribution is 14.0. The quantitative estimate of drug-likeness (QED) is 0.292. The molecule has 2 N–H and O–H groups in total. The van der Waals surface area contributed by atoms with E-state index in [4.69, 9.17) is 9.47 Å². The third-order valence-electron chi connectivity index (χ3n) is 4.01. The van der Waals surface area contributed by atoms with Crippen LogP contribution in [-0.4, -0.2) is 45.4 Å². The van der Waals surface area contributed by atoms with Gasteiger partial charge in [0.05, 0.1) is 12.7 Å². The molecule has 1 aliphatic heterocycles. The van der Waals surface area contributed by atoms with Crippen molar-refractivity contribution >= 4 is 29.9 Å². The zero-order valence-corrected chi connectivity index (χ0v) is 17.3. The molecule has 0 radical (unpaired) electrons. The molecule has 2 rings (SSSR count). The molecule has 0 spiro atoms. The highest BCUT2D eigenvalue weighted by Gasteiger charge is 2.15. The Kier molecular flexibility index (Phi) is 10.1. The number of guanidine groups is 1. The number of para-hydroxylation sites is 1. The van der Waals surface area contributed by atoms with Gasteiger partial charge >= 0.3 is 0 Å². The van der Waals surface area contributed by atoms with Crippen LogP contribution in [0.25, 0.3) is 0 Å². The predicted molar refractivity (Wildman–Crippen MR) is 110 cm³/mol. The van der Waals surface area contributed by atoms with Crippen molar-refractivity contribution in [1.82, 2.24) is 10.6 Å². The monoisotopic (exact) mass is 447 g/mol. The maximum atomic E-state index is 5.90. The maximum absolute atomic E-state index is 5.90. The summed E-state index contributed by atoms with van der Waals surface area (Å²) >= 11 is 0. The van der Waals surface area contributed by atoms with E-state index in [0.29, 0.717) is 12.7 Å². The van der Waals surface area contributed by atoms with Crippen LogP contribution in [0.15, 0.2) is 23.2 Å². The second-order valence-electron chi connectivity index (χ2n) is 5.94. The number of hydrogen-bond acceptors (Lipinski definition) is 3. The van der Waals surface area contributed by atoms with Gasteiger partial charge in [0, 0.05) is 26.7 Å². The lowest BCUT2D eigenvalue weighted by Gasteiger charge is -2.15. The first-order valence-corrected chi connectivity index (χ1v) is 8.46. The Hall–Kier alpha value is -1.02. The van der Waals surface area contributed by atoms with Crippen molar-refractivity contribution in [1.29, 1.82) is 0 Å². The Labute approximate surface area is 162 Å². The van der Waals surface area contributed by atoms with Gasteiger partial charge in [-0.3, -0.25) is 4.99 Å². The minimum absolute atomic E-state index is 0. The van der Waals surface area contributed by atoms with E-state index in [1.54, 1.807) is 7.05 Å². The minimum Gasteiger partial charge on any atom is -0.493 e. The summed E-state index contributed by atoms with van der Waals surface area (Å²) in [6, 6.07) is 6.22. The van der Waals surface area contributed by atoms with E-state index in [0.717, 1.165) is 50.7 Å². The largest absolute Gasteiger partial charge is 0.493 e. The zero-order valence-electron chi connectivity index (χ0n) is 14.9. The Morgan fingerprint density at radius 1 is 1.29 bits per heavy atom. The normalized spacial score (nSPS) is 17.3. The highest BCUT2D eigenvalue weighted by Crippen LogP contribution is 2.22. The average Bonchev–Trinajstić information content (AvgIpc) is 3.06. The van der Waals surface area contributed by atoms with Crippen LogP contribution in [0, 0.1) is 13.8 Å². The number of benzene rings is 1. The van der Waals surface area contributed by atoms with E-state index in [-0.39, 0.29) is 24.0 Å². The summed E-state index contributed by atoms with van der Waals surface area (Å²) in [5.74, 6) is 1.83. The van der Waals surface area contributed by atoms with E-state index in [9.17, 15) is 0 Å². The lowest BCUT2D eigenvalue weighted by molar-refractivity contribution is 0.114. The molecule has 136 valence electrons. The fourth-order valence-corrected chi connectivity index (χ4v) is 2.72. The van der Waals surface area contributed by atoms with Gasteiger partial charge in [-0.1, -0.05) is 18.2 Å². The predicted octanol–water partition coefficient (Wildman–Crippen LogP) is 3.03. The van der Waals surface area contributed by atoms with Gasteiger partial charge in [0.25, 0.3) is 0 Å². The molecule has 24 heavy (non-hydrogen) atoms. The van der Waals surface area contributed by atoms with Crippen LogP contribution in [0.2, 0.25) is 0 Å². The smallest absolute Gasteiger partial charge is 0.191 e. The number of aliphatic imine (C=N–C) groups is 1. The molecule has 1 aliphatic rings. The third kappa shape index (κ3) is 6.84. The molecule has 0 aliphatic carbocycles. The summed E-state index contributed by atoms with van der Waals surface area (Å²) in [5, 5.41) is 6.62. The second-order valence-corrected chi connectivity index (χ2v) is 5.94. The summed E-state index contributed by atoms with van der Waals surface area (Å²) in [7, 11) is 1.79. The lowest BCUT2D eigenvalue weighted by atomic mass is 10.1. The minimum atomic E-state index is 0. The van der Waals surface area contributed by atoms with Crippen molar-refractivity contribution in [3.05, 3.63) is 29.3 Å². The average molecular weight is 447 g/mol. The van der Waals surface area contributed by atoms with Gasteiger partial charge < -0.3 is 20.1 Å². The van der Waals surface area contributed by atoms with E-state index < -0.39 is 0 Å².